The molecule has 0 saturated heterocycles. The van der Waals surface area contributed by atoms with Gasteiger partial charge in [0.2, 0.25) is 11.9 Å². The van der Waals surface area contributed by atoms with Gasteiger partial charge in [-0.1, -0.05) is 17.7 Å². The Morgan fingerprint density at radius 2 is 2.18 bits per heavy atom. The zero-order valence-corrected chi connectivity index (χ0v) is 13.1. The fourth-order valence-corrected chi connectivity index (χ4v) is 2.49. The van der Waals surface area contributed by atoms with E-state index in [0.717, 1.165) is 12.8 Å². The Morgan fingerprint density at radius 3 is 2.82 bits per heavy atom. The molecule has 22 heavy (non-hydrogen) atoms. The van der Waals surface area contributed by atoms with Crippen molar-refractivity contribution in [3.8, 4) is 0 Å². The average Bonchev–Trinajstić information content (AvgIpc) is 3.18. The van der Waals surface area contributed by atoms with E-state index in [-0.39, 0.29) is 11.5 Å². The molecule has 2 aromatic rings. The van der Waals surface area contributed by atoms with Gasteiger partial charge in [0.25, 0.3) is 0 Å². The number of anilines is 1. The van der Waals surface area contributed by atoms with E-state index >= 15 is 0 Å². The van der Waals surface area contributed by atoms with Crippen molar-refractivity contribution in [3.63, 3.8) is 0 Å². The average molecular weight is 323 g/mol. The van der Waals surface area contributed by atoms with Gasteiger partial charge in [-0.25, -0.2) is 4.39 Å². The topological polar surface area (TPSA) is 59.8 Å². The minimum Gasteiger partial charge on any atom is -0.297 e. The monoisotopic (exact) mass is 322 g/mol. The van der Waals surface area contributed by atoms with Gasteiger partial charge in [-0.15, -0.1) is 10.2 Å². The highest BCUT2D eigenvalue weighted by Crippen LogP contribution is 2.37. The number of halogens is 2. The molecule has 7 heteroatoms. The predicted molar refractivity (Wildman–Crippen MR) is 81.4 cm³/mol. The molecule has 1 aromatic carbocycles. The SMILES string of the molecule is CC(C)(C(=O)Nc1nncn1C1CC1)c1ccc(Cl)cc1F. The van der Waals surface area contributed by atoms with Crippen LogP contribution >= 0.6 is 11.6 Å². The lowest BCUT2D eigenvalue weighted by Crippen LogP contribution is -2.36. The van der Waals surface area contributed by atoms with Gasteiger partial charge in [0.1, 0.15) is 12.1 Å². The van der Waals surface area contributed by atoms with Crippen LogP contribution in [0.3, 0.4) is 0 Å². The summed E-state index contributed by atoms with van der Waals surface area (Å²) in [5.41, 5.74) is -0.776. The van der Waals surface area contributed by atoms with E-state index in [1.165, 1.54) is 12.1 Å². The minimum atomic E-state index is -1.06. The largest absolute Gasteiger partial charge is 0.297 e. The van der Waals surface area contributed by atoms with Crippen LogP contribution in [-0.2, 0) is 10.2 Å². The maximum atomic E-state index is 14.1. The van der Waals surface area contributed by atoms with E-state index in [1.54, 1.807) is 26.2 Å². The summed E-state index contributed by atoms with van der Waals surface area (Å²) in [7, 11) is 0. The van der Waals surface area contributed by atoms with Gasteiger partial charge in [-0.3, -0.25) is 14.7 Å². The van der Waals surface area contributed by atoms with Gasteiger partial charge in [0, 0.05) is 16.6 Å². The van der Waals surface area contributed by atoms with Gasteiger partial charge in [0.05, 0.1) is 5.41 Å². The summed E-state index contributed by atoms with van der Waals surface area (Å²) in [5.74, 6) is -0.449. The number of nitrogens with one attached hydrogen (secondary N) is 1. The molecule has 0 bridgehead atoms. The van der Waals surface area contributed by atoms with Gasteiger partial charge in [0.15, 0.2) is 0 Å². The molecule has 0 unspecified atom stereocenters. The van der Waals surface area contributed by atoms with Gasteiger partial charge in [-0.05, 0) is 38.8 Å². The molecule has 1 aliphatic rings. The first kappa shape index (κ1) is 15.0. The maximum Gasteiger partial charge on any atom is 0.236 e. The highest BCUT2D eigenvalue weighted by molar-refractivity contribution is 6.30. The normalized spacial score (nSPS) is 14.9. The van der Waals surface area contributed by atoms with Crippen molar-refractivity contribution in [3.05, 3.63) is 40.9 Å². The minimum absolute atomic E-state index is 0.284. The third-order valence-electron chi connectivity index (χ3n) is 3.91. The summed E-state index contributed by atoms with van der Waals surface area (Å²) in [6, 6.07) is 4.66. The molecule has 0 atom stereocenters. The predicted octanol–water partition coefficient (Wildman–Crippen LogP) is 3.32. The lowest BCUT2D eigenvalue weighted by atomic mass is 9.83. The number of rotatable bonds is 4. The molecular formula is C15H16ClFN4O. The number of amides is 1. The fraction of sp³-hybridized carbons (Fsp3) is 0.400. The summed E-state index contributed by atoms with van der Waals surface area (Å²) >= 11 is 5.76. The summed E-state index contributed by atoms with van der Waals surface area (Å²) in [6.07, 6.45) is 3.70. The Labute approximate surface area is 132 Å². The highest BCUT2D eigenvalue weighted by atomic mass is 35.5. The second-order valence-corrected chi connectivity index (χ2v) is 6.43. The third kappa shape index (κ3) is 2.70. The summed E-state index contributed by atoms with van der Waals surface area (Å²) in [5, 5.41) is 10.8. The summed E-state index contributed by atoms with van der Waals surface area (Å²) in [4.78, 5) is 12.6. The third-order valence-corrected chi connectivity index (χ3v) is 4.15. The molecule has 1 amide bonds. The molecule has 0 spiro atoms. The van der Waals surface area contributed by atoms with Crippen LogP contribution in [0.25, 0.3) is 0 Å². The molecule has 1 aromatic heterocycles. The number of aromatic nitrogens is 3. The van der Waals surface area contributed by atoms with Crippen LogP contribution in [0, 0.1) is 5.82 Å². The molecule has 0 radical (unpaired) electrons. The van der Waals surface area contributed by atoms with E-state index in [4.69, 9.17) is 11.6 Å². The quantitative estimate of drug-likeness (QED) is 0.939. The van der Waals surface area contributed by atoms with E-state index in [0.29, 0.717) is 17.0 Å². The molecule has 116 valence electrons. The van der Waals surface area contributed by atoms with Crippen LogP contribution in [0.2, 0.25) is 5.02 Å². The Hall–Kier alpha value is -1.95. The molecule has 1 saturated carbocycles. The maximum absolute atomic E-state index is 14.1. The van der Waals surface area contributed by atoms with Crippen LogP contribution in [0.15, 0.2) is 24.5 Å². The first-order valence-corrected chi connectivity index (χ1v) is 7.44. The number of carbonyl (C=O) groups excluding carboxylic acids is 1. The lowest BCUT2D eigenvalue weighted by molar-refractivity contribution is -0.120. The Morgan fingerprint density at radius 1 is 1.45 bits per heavy atom. The first-order chi connectivity index (χ1) is 10.4. The van der Waals surface area contributed by atoms with E-state index in [1.807, 2.05) is 4.57 Å². The number of hydrogen-bond acceptors (Lipinski definition) is 3. The zero-order chi connectivity index (χ0) is 15.9. The Balaban J connectivity index is 1.84. The molecular weight excluding hydrogens is 307 g/mol. The van der Waals surface area contributed by atoms with E-state index in [9.17, 15) is 9.18 Å². The lowest BCUT2D eigenvalue weighted by Gasteiger charge is -2.24. The van der Waals surface area contributed by atoms with Crippen molar-refractivity contribution in [2.24, 2.45) is 0 Å². The van der Waals surface area contributed by atoms with Crippen molar-refractivity contribution < 1.29 is 9.18 Å². The summed E-state index contributed by atoms with van der Waals surface area (Å²) < 4.78 is 15.9. The van der Waals surface area contributed by atoms with Crippen LogP contribution in [0.4, 0.5) is 10.3 Å². The van der Waals surface area contributed by atoms with Crippen LogP contribution in [0.5, 0.6) is 0 Å². The van der Waals surface area contributed by atoms with Crippen molar-refractivity contribution in [1.82, 2.24) is 14.8 Å². The van der Waals surface area contributed by atoms with E-state index < -0.39 is 11.2 Å². The molecule has 0 aliphatic heterocycles. The number of benzene rings is 1. The highest BCUT2D eigenvalue weighted by Gasteiger charge is 2.34. The molecule has 3 rings (SSSR count). The van der Waals surface area contributed by atoms with Crippen LogP contribution in [0.1, 0.15) is 38.3 Å². The van der Waals surface area contributed by atoms with Gasteiger partial charge in [-0.2, -0.15) is 0 Å². The van der Waals surface area contributed by atoms with E-state index in [2.05, 4.69) is 15.5 Å². The number of hydrogen-bond donors (Lipinski definition) is 1. The molecule has 1 fully saturated rings. The van der Waals surface area contributed by atoms with Crippen LogP contribution in [-0.4, -0.2) is 20.7 Å². The summed E-state index contributed by atoms with van der Waals surface area (Å²) in [6.45, 7) is 3.32. The van der Waals surface area contributed by atoms with Crippen molar-refractivity contribution in [1.29, 1.82) is 0 Å². The Kier molecular flexibility index (Phi) is 3.64. The van der Waals surface area contributed by atoms with Crippen molar-refractivity contribution >= 4 is 23.5 Å². The second-order valence-electron chi connectivity index (χ2n) is 6.00. The first-order valence-electron chi connectivity index (χ1n) is 7.06. The zero-order valence-electron chi connectivity index (χ0n) is 12.3. The van der Waals surface area contributed by atoms with Gasteiger partial charge >= 0.3 is 0 Å². The van der Waals surface area contributed by atoms with Gasteiger partial charge < -0.3 is 0 Å². The van der Waals surface area contributed by atoms with Crippen molar-refractivity contribution in [2.45, 2.75) is 38.1 Å². The molecule has 5 nitrogen and oxygen atoms in total. The molecule has 1 N–H and O–H groups in total. The fourth-order valence-electron chi connectivity index (χ4n) is 2.33. The van der Waals surface area contributed by atoms with Crippen LogP contribution < -0.4 is 5.32 Å². The standard InChI is InChI=1S/C15H16ClFN4O/c1-15(2,11-6-3-9(16)7-12(11)17)13(22)19-14-20-18-8-21(14)10-4-5-10/h3,6-8,10H,4-5H2,1-2H3,(H,19,20,22). The number of carbonyl (C=O) groups is 1. The molecule has 1 heterocycles. The second kappa shape index (κ2) is 5.35. The Bertz CT molecular complexity index is 724. The number of nitrogens with zero attached hydrogens (tertiary/aromatic N) is 3. The molecule has 1 aliphatic carbocycles. The van der Waals surface area contributed by atoms with Crippen molar-refractivity contribution in [2.75, 3.05) is 5.32 Å². The smallest absolute Gasteiger partial charge is 0.236 e.